The van der Waals surface area contributed by atoms with Crippen LogP contribution >= 0.6 is 0 Å². The SMILES string of the molecule is CCO[Si](OCC)(OCC)[SiH2]O. The molecule has 0 aromatic heterocycles. The predicted molar refractivity (Wildman–Crippen MR) is 51.4 cm³/mol. The molecule has 0 heterocycles. The Kier molecular flexibility index (Phi) is 6.91. The highest BCUT2D eigenvalue weighted by Gasteiger charge is 2.39. The van der Waals surface area contributed by atoms with E-state index in [1.165, 1.54) is 0 Å². The van der Waals surface area contributed by atoms with E-state index in [0.29, 0.717) is 19.8 Å². The average Bonchev–Trinajstić information content (AvgIpc) is 2.06. The fourth-order valence-corrected chi connectivity index (χ4v) is 5.42. The molecular formula is C6H18O4Si2. The van der Waals surface area contributed by atoms with Crippen molar-refractivity contribution in [1.82, 2.24) is 0 Å². The lowest BCUT2D eigenvalue weighted by Crippen LogP contribution is -2.52. The minimum Gasteiger partial charge on any atom is -0.433 e. The normalized spacial score (nSPS) is 13.0. The monoisotopic (exact) mass is 210 g/mol. The van der Waals surface area contributed by atoms with Crippen LogP contribution in [0.25, 0.3) is 0 Å². The predicted octanol–water partition coefficient (Wildman–Crippen LogP) is -0.392. The standard InChI is InChI=1S/C6H18O4Si2/c1-4-8-12(11-7,9-5-2)10-6-3/h7H,4-6,11H2,1-3H3. The summed E-state index contributed by atoms with van der Waals surface area (Å²) in [4.78, 5) is 9.20. The fourth-order valence-electron chi connectivity index (χ4n) is 0.922. The van der Waals surface area contributed by atoms with Gasteiger partial charge in [0.25, 0.3) is 0 Å². The Bertz CT molecular complexity index is 94.7. The van der Waals surface area contributed by atoms with Crippen LogP contribution in [-0.4, -0.2) is 42.2 Å². The highest BCUT2D eigenvalue weighted by Crippen LogP contribution is 2.06. The second-order valence-electron chi connectivity index (χ2n) is 2.14. The van der Waals surface area contributed by atoms with Crippen LogP contribution in [0.4, 0.5) is 0 Å². The molecule has 0 saturated carbocycles. The molecule has 0 spiro atoms. The molecule has 12 heavy (non-hydrogen) atoms. The van der Waals surface area contributed by atoms with E-state index in [2.05, 4.69) is 0 Å². The van der Waals surface area contributed by atoms with Crippen LogP contribution < -0.4 is 0 Å². The highest BCUT2D eigenvalue weighted by molar-refractivity contribution is 7.11. The van der Waals surface area contributed by atoms with E-state index in [4.69, 9.17) is 13.3 Å². The molecule has 4 nitrogen and oxygen atoms in total. The van der Waals surface area contributed by atoms with Gasteiger partial charge in [-0.2, -0.15) is 0 Å². The molecule has 0 fully saturated rings. The Morgan fingerprint density at radius 1 is 1.00 bits per heavy atom. The Labute approximate surface area is 76.9 Å². The third-order valence-corrected chi connectivity index (χ3v) is 6.86. The van der Waals surface area contributed by atoms with Crippen LogP contribution in [0.3, 0.4) is 0 Å². The molecule has 0 aromatic carbocycles. The van der Waals surface area contributed by atoms with E-state index >= 15 is 0 Å². The van der Waals surface area contributed by atoms with Crippen LogP contribution in [0, 0.1) is 0 Å². The second kappa shape index (κ2) is 6.75. The topological polar surface area (TPSA) is 47.9 Å². The zero-order valence-corrected chi connectivity index (χ0v) is 10.4. The Hall–Kier alpha value is 0.274. The molecule has 0 amide bonds. The molecule has 0 aliphatic heterocycles. The number of hydrogen-bond acceptors (Lipinski definition) is 4. The summed E-state index contributed by atoms with van der Waals surface area (Å²) in [6, 6.07) is 0. The number of hydrogen-bond donors (Lipinski definition) is 1. The van der Waals surface area contributed by atoms with Crippen LogP contribution in [0.5, 0.6) is 0 Å². The van der Waals surface area contributed by atoms with Crippen molar-refractivity contribution in [3.63, 3.8) is 0 Å². The maximum atomic E-state index is 9.20. The van der Waals surface area contributed by atoms with Crippen molar-refractivity contribution in [3.8, 4) is 0 Å². The summed E-state index contributed by atoms with van der Waals surface area (Å²) in [5.74, 6) is 0. The quantitative estimate of drug-likeness (QED) is 0.581. The van der Waals surface area contributed by atoms with Crippen LogP contribution in [-0.2, 0) is 13.3 Å². The van der Waals surface area contributed by atoms with E-state index in [9.17, 15) is 4.80 Å². The van der Waals surface area contributed by atoms with Gasteiger partial charge in [0.1, 0.15) is 0 Å². The van der Waals surface area contributed by atoms with Crippen molar-refractivity contribution >= 4 is 17.6 Å². The van der Waals surface area contributed by atoms with Gasteiger partial charge in [-0.15, -0.1) is 0 Å². The minimum absolute atomic E-state index is 0.541. The molecule has 0 unspecified atom stereocenters. The minimum atomic E-state index is -2.58. The van der Waals surface area contributed by atoms with Crippen molar-refractivity contribution in [2.75, 3.05) is 19.8 Å². The van der Waals surface area contributed by atoms with E-state index in [1.54, 1.807) is 0 Å². The fraction of sp³-hybridized carbons (Fsp3) is 1.00. The summed E-state index contributed by atoms with van der Waals surface area (Å²) in [5.41, 5.74) is 0. The summed E-state index contributed by atoms with van der Waals surface area (Å²) in [6.07, 6.45) is 0. The Morgan fingerprint density at radius 2 is 1.33 bits per heavy atom. The van der Waals surface area contributed by atoms with Crippen molar-refractivity contribution in [1.29, 1.82) is 0 Å². The van der Waals surface area contributed by atoms with Gasteiger partial charge in [-0.25, -0.2) is 0 Å². The summed E-state index contributed by atoms with van der Waals surface area (Å²) in [7, 11) is -3.91. The first-order chi connectivity index (χ1) is 5.74. The molecule has 0 radical (unpaired) electrons. The van der Waals surface area contributed by atoms with Crippen molar-refractivity contribution < 1.29 is 18.1 Å². The third kappa shape index (κ3) is 3.79. The van der Waals surface area contributed by atoms with E-state index in [1.807, 2.05) is 20.8 Å². The average molecular weight is 210 g/mol. The largest absolute Gasteiger partial charge is 0.495 e. The van der Waals surface area contributed by atoms with Crippen molar-refractivity contribution in [2.45, 2.75) is 20.8 Å². The molecule has 1 N–H and O–H groups in total. The summed E-state index contributed by atoms with van der Waals surface area (Å²) < 4.78 is 16.1. The maximum absolute atomic E-state index is 9.20. The molecule has 0 rings (SSSR count). The molecule has 0 atom stereocenters. The number of rotatable bonds is 7. The second-order valence-corrected chi connectivity index (χ2v) is 8.24. The van der Waals surface area contributed by atoms with Crippen molar-refractivity contribution in [2.24, 2.45) is 0 Å². The Morgan fingerprint density at radius 3 is 1.50 bits per heavy atom. The van der Waals surface area contributed by atoms with Gasteiger partial charge in [0, 0.05) is 19.8 Å². The zero-order chi connectivity index (χ0) is 9.45. The van der Waals surface area contributed by atoms with Gasteiger partial charge >= 0.3 is 8.32 Å². The molecule has 6 heteroatoms. The van der Waals surface area contributed by atoms with Crippen LogP contribution in [0.2, 0.25) is 0 Å². The van der Waals surface area contributed by atoms with E-state index < -0.39 is 17.6 Å². The van der Waals surface area contributed by atoms with Gasteiger partial charge in [-0.3, -0.25) is 0 Å². The molecule has 0 aromatic rings. The summed E-state index contributed by atoms with van der Waals surface area (Å²) in [5, 5.41) is 0. The summed E-state index contributed by atoms with van der Waals surface area (Å²) >= 11 is 0. The van der Waals surface area contributed by atoms with E-state index in [0.717, 1.165) is 0 Å². The van der Waals surface area contributed by atoms with Gasteiger partial charge in [-0.1, -0.05) is 0 Å². The lowest BCUT2D eigenvalue weighted by atomic mass is 10.9. The van der Waals surface area contributed by atoms with Gasteiger partial charge in [-0.05, 0) is 20.8 Å². The summed E-state index contributed by atoms with van der Waals surface area (Å²) in [6.45, 7) is 7.26. The first kappa shape index (κ1) is 12.3. The molecule has 0 aliphatic carbocycles. The molecule has 0 saturated heterocycles. The molecule has 0 aliphatic rings. The highest BCUT2D eigenvalue weighted by atomic mass is 29.2. The smallest absolute Gasteiger partial charge is 0.433 e. The van der Waals surface area contributed by atoms with Gasteiger partial charge in [0.05, 0.1) is 0 Å². The first-order valence-electron chi connectivity index (χ1n) is 4.27. The van der Waals surface area contributed by atoms with Gasteiger partial charge in [0.15, 0.2) is 0 Å². The molecule has 0 bridgehead atoms. The third-order valence-electron chi connectivity index (χ3n) is 1.29. The molecule has 74 valence electrons. The lowest BCUT2D eigenvalue weighted by Gasteiger charge is -2.26. The van der Waals surface area contributed by atoms with E-state index in [-0.39, 0.29) is 0 Å². The zero-order valence-electron chi connectivity index (χ0n) is 8.00. The van der Waals surface area contributed by atoms with Gasteiger partial charge in [0.2, 0.25) is 9.28 Å². The first-order valence-corrected chi connectivity index (χ1v) is 8.96. The molecular weight excluding hydrogens is 192 g/mol. The maximum Gasteiger partial charge on any atom is 0.495 e. The van der Waals surface area contributed by atoms with Crippen molar-refractivity contribution in [3.05, 3.63) is 0 Å². The van der Waals surface area contributed by atoms with Gasteiger partial charge < -0.3 is 18.1 Å². The lowest BCUT2D eigenvalue weighted by molar-refractivity contribution is 0.0898. The van der Waals surface area contributed by atoms with Crippen LogP contribution in [0.15, 0.2) is 0 Å². The Balaban J connectivity index is 4.06. The van der Waals surface area contributed by atoms with Crippen LogP contribution in [0.1, 0.15) is 20.8 Å².